The maximum Gasteiger partial charge on any atom is 0.434 e. The largest absolute Gasteiger partial charge is 0.434 e. The highest BCUT2D eigenvalue weighted by molar-refractivity contribution is 9.10. The Kier molecular flexibility index (Phi) is 3.23. The quantitative estimate of drug-likeness (QED) is 0.767. The molecule has 2 rings (SSSR count). The Hall–Kier alpha value is -1.30. The van der Waals surface area contributed by atoms with Gasteiger partial charge in [0.05, 0.1) is 16.4 Å². The lowest BCUT2D eigenvalue weighted by molar-refractivity contribution is -0.143. The van der Waals surface area contributed by atoms with Gasteiger partial charge in [0.1, 0.15) is 0 Å². The SMILES string of the molecule is Cc1cc(C)cc(-n2ncc(Br)c2C(F)(F)F)c1. The molecule has 18 heavy (non-hydrogen) atoms. The monoisotopic (exact) mass is 318 g/mol. The Morgan fingerprint density at radius 3 is 2.17 bits per heavy atom. The first-order valence-electron chi connectivity index (χ1n) is 5.18. The second-order valence-electron chi connectivity index (χ2n) is 4.10. The molecule has 0 saturated carbocycles. The summed E-state index contributed by atoms with van der Waals surface area (Å²) >= 11 is 2.88. The van der Waals surface area contributed by atoms with Gasteiger partial charge < -0.3 is 0 Å². The Balaban J connectivity index is 2.65. The minimum Gasteiger partial charge on any atom is -0.227 e. The molecule has 1 aromatic heterocycles. The molecular weight excluding hydrogens is 309 g/mol. The molecule has 2 aromatic rings. The first-order valence-corrected chi connectivity index (χ1v) is 5.98. The van der Waals surface area contributed by atoms with Crippen LogP contribution in [0.5, 0.6) is 0 Å². The van der Waals surface area contributed by atoms with Crippen molar-refractivity contribution < 1.29 is 13.2 Å². The second-order valence-corrected chi connectivity index (χ2v) is 4.95. The van der Waals surface area contributed by atoms with Crippen LogP contribution in [0.25, 0.3) is 5.69 Å². The van der Waals surface area contributed by atoms with Gasteiger partial charge in [-0.05, 0) is 53.0 Å². The van der Waals surface area contributed by atoms with Crippen molar-refractivity contribution in [2.24, 2.45) is 0 Å². The Morgan fingerprint density at radius 2 is 1.67 bits per heavy atom. The van der Waals surface area contributed by atoms with E-state index >= 15 is 0 Å². The van der Waals surface area contributed by atoms with Crippen molar-refractivity contribution in [3.63, 3.8) is 0 Å². The molecule has 1 heterocycles. The topological polar surface area (TPSA) is 17.8 Å². The van der Waals surface area contributed by atoms with Gasteiger partial charge in [0, 0.05) is 0 Å². The summed E-state index contributed by atoms with van der Waals surface area (Å²) in [6.45, 7) is 3.67. The first kappa shape index (κ1) is 13.1. The molecule has 0 radical (unpaired) electrons. The normalized spacial score (nSPS) is 11.9. The van der Waals surface area contributed by atoms with Crippen LogP contribution in [0, 0.1) is 13.8 Å². The van der Waals surface area contributed by atoms with Gasteiger partial charge in [-0.2, -0.15) is 18.3 Å². The van der Waals surface area contributed by atoms with E-state index in [2.05, 4.69) is 21.0 Å². The molecule has 0 unspecified atom stereocenters. The number of benzene rings is 1. The average molecular weight is 319 g/mol. The predicted molar refractivity (Wildman–Crippen MR) is 65.7 cm³/mol. The van der Waals surface area contributed by atoms with Gasteiger partial charge in [-0.3, -0.25) is 0 Å². The number of aryl methyl sites for hydroxylation is 2. The van der Waals surface area contributed by atoms with Crippen molar-refractivity contribution in [2.75, 3.05) is 0 Å². The van der Waals surface area contributed by atoms with Crippen LogP contribution in [-0.2, 0) is 6.18 Å². The van der Waals surface area contributed by atoms with E-state index < -0.39 is 11.9 Å². The Bertz CT molecular complexity index is 567. The highest BCUT2D eigenvalue weighted by Gasteiger charge is 2.38. The molecule has 0 saturated heterocycles. The van der Waals surface area contributed by atoms with Gasteiger partial charge >= 0.3 is 6.18 Å². The summed E-state index contributed by atoms with van der Waals surface area (Å²) in [5, 5.41) is 3.78. The van der Waals surface area contributed by atoms with Crippen molar-refractivity contribution in [3.8, 4) is 5.69 Å². The zero-order chi connectivity index (χ0) is 13.5. The second kappa shape index (κ2) is 4.42. The van der Waals surface area contributed by atoms with Crippen LogP contribution in [-0.4, -0.2) is 9.78 Å². The third-order valence-corrected chi connectivity index (χ3v) is 3.02. The molecule has 0 fully saturated rings. The van der Waals surface area contributed by atoms with Crippen LogP contribution in [0.2, 0.25) is 0 Å². The highest BCUT2D eigenvalue weighted by atomic mass is 79.9. The summed E-state index contributed by atoms with van der Waals surface area (Å²) in [6.07, 6.45) is -3.30. The summed E-state index contributed by atoms with van der Waals surface area (Å²) < 4.78 is 39.7. The van der Waals surface area contributed by atoms with Gasteiger partial charge in [-0.15, -0.1) is 0 Å². The van der Waals surface area contributed by atoms with Crippen molar-refractivity contribution in [1.82, 2.24) is 9.78 Å². The highest BCUT2D eigenvalue weighted by Crippen LogP contribution is 2.36. The fraction of sp³-hybridized carbons (Fsp3) is 0.250. The number of nitrogens with zero attached hydrogens (tertiary/aromatic N) is 2. The average Bonchev–Trinajstić information content (AvgIpc) is 2.57. The van der Waals surface area contributed by atoms with Crippen LogP contribution in [0.1, 0.15) is 16.8 Å². The van der Waals surface area contributed by atoms with Crippen LogP contribution in [0.4, 0.5) is 13.2 Å². The fourth-order valence-electron chi connectivity index (χ4n) is 1.85. The molecule has 0 bridgehead atoms. The Morgan fingerprint density at radius 1 is 1.11 bits per heavy atom. The van der Waals surface area contributed by atoms with Crippen molar-refractivity contribution >= 4 is 15.9 Å². The zero-order valence-electron chi connectivity index (χ0n) is 9.72. The van der Waals surface area contributed by atoms with E-state index in [0.29, 0.717) is 5.69 Å². The summed E-state index contributed by atoms with van der Waals surface area (Å²) in [5.74, 6) is 0. The lowest BCUT2D eigenvalue weighted by atomic mass is 10.1. The molecule has 0 aliphatic heterocycles. The molecule has 0 N–H and O–H groups in total. The van der Waals surface area contributed by atoms with E-state index in [1.807, 2.05) is 19.9 Å². The van der Waals surface area contributed by atoms with Gasteiger partial charge in [0.2, 0.25) is 0 Å². The van der Waals surface area contributed by atoms with Gasteiger partial charge in [-0.25, -0.2) is 4.68 Å². The fourth-order valence-corrected chi connectivity index (χ4v) is 2.34. The van der Waals surface area contributed by atoms with Crippen molar-refractivity contribution in [2.45, 2.75) is 20.0 Å². The molecule has 0 aliphatic carbocycles. The molecular formula is C12H10BrF3N2. The van der Waals surface area contributed by atoms with E-state index in [9.17, 15) is 13.2 Å². The van der Waals surface area contributed by atoms with Crippen LogP contribution < -0.4 is 0 Å². The third-order valence-electron chi connectivity index (χ3n) is 2.44. The van der Waals surface area contributed by atoms with E-state index in [0.717, 1.165) is 22.0 Å². The molecule has 0 amide bonds. The number of hydrogen-bond donors (Lipinski definition) is 0. The molecule has 96 valence electrons. The number of hydrogen-bond acceptors (Lipinski definition) is 1. The molecule has 0 atom stereocenters. The molecule has 2 nitrogen and oxygen atoms in total. The maximum atomic E-state index is 12.9. The van der Waals surface area contributed by atoms with E-state index in [4.69, 9.17) is 0 Å². The Labute approximate surface area is 111 Å². The van der Waals surface area contributed by atoms with Crippen LogP contribution >= 0.6 is 15.9 Å². The van der Waals surface area contributed by atoms with Crippen LogP contribution in [0.3, 0.4) is 0 Å². The first-order chi connectivity index (χ1) is 8.29. The van der Waals surface area contributed by atoms with E-state index in [1.165, 1.54) is 0 Å². The standard InChI is InChI=1S/C12H10BrF3N2/c1-7-3-8(2)5-9(4-7)18-11(12(14,15)16)10(13)6-17-18/h3-6H,1-2H3. The minimum atomic E-state index is -4.45. The summed E-state index contributed by atoms with van der Waals surface area (Å²) in [6, 6.07) is 5.23. The third kappa shape index (κ3) is 2.43. The summed E-state index contributed by atoms with van der Waals surface area (Å²) in [5.41, 5.74) is 1.40. The number of rotatable bonds is 1. The number of halogens is 4. The van der Waals surface area contributed by atoms with Crippen molar-refractivity contribution in [1.29, 1.82) is 0 Å². The lowest BCUT2D eigenvalue weighted by Crippen LogP contribution is -2.14. The number of aromatic nitrogens is 2. The number of alkyl halides is 3. The predicted octanol–water partition coefficient (Wildman–Crippen LogP) is 4.27. The minimum absolute atomic E-state index is 0.0610. The molecule has 6 heteroatoms. The molecule has 0 aliphatic rings. The smallest absolute Gasteiger partial charge is 0.227 e. The summed E-state index contributed by atoms with van der Waals surface area (Å²) in [4.78, 5) is 0. The zero-order valence-corrected chi connectivity index (χ0v) is 11.3. The summed E-state index contributed by atoms with van der Waals surface area (Å²) in [7, 11) is 0. The maximum absolute atomic E-state index is 12.9. The van der Waals surface area contributed by atoms with Gasteiger partial charge in [0.25, 0.3) is 0 Å². The van der Waals surface area contributed by atoms with Crippen LogP contribution in [0.15, 0.2) is 28.9 Å². The van der Waals surface area contributed by atoms with Gasteiger partial charge in [-0.1, -0.05) is 6.07 Å². The lowest BCUT2D eigenvalue weighted by Gasteiger charge is -2.12. The van der Waals surface area contributed by atoms with E-state index in [-0.39, 0.29) is 4.47 Å². The van der Waals surface area contributed by atoms with Gasteiger partial charge in [0.15, 0.2) is 5.69 Å². The van der Waals surface area contributed by atoms with Crippen molar-refractivity contribution in [3.05, 3.63) is 45.7 Å². The van der Waals surface area contributed by atoms with E-state index in [1.54, 1.807) is 12.1 Å². The molecule has 1 aromatic carbocycles. The molecule has 0 spiro atoms.